The Hall–Kier alpha value is -1.50. The molecular weight excluding hydrogens is 221 g/mol. The quantitative estimate of drug-likeness (QED) is 0.492. The van der Waals surface area contributed by atoms with Gasteiger partial charge in [-0.2, -0.15) is 0 Å². The lowest BCUT2D eigenvalue weighted by Crippen LogP contribution is -2.42. The highest BCUT2D eigenvalue weighted by Gasteiger charge is 2.30. The topological polar surface area (TPSA) is 96.7 Å². The van der Waals surface area contributed by atoms with Gasteiger partial charge in [0.05, 0.1) is 0 Å². The molecule has 0 unspecified atom stereocenters. The highest BCUT2D eigenvalue weighted by atomic mass is 19.1. The van der Waals surface area contributed by atoms with Gasteiger partial charge in [0.1, 0.15) is 12.7 Å². The molecule has 0 heterocycles. The third kappa shape index (κ3) is 5.40. The second-order valence-corrected chi connectivity index (χ2v) is 3.06. The van der Waals surface area contributed by atoms with Gasteiger partial charge in [0.2, 0.25) is 0 Å². The van der Waals surface area contributed by atoms with E-state index in [0.717, 1.165) is 13.8 Å². The first-order valence-corrected chi connectivity index (χ1v) is 4.51. The number of carbonyl (C=O) groups is 2. The van der Waals surface area contributed by atoms with Crippen LogP contribution in [0.5, 0.6) is 0 Å². The lowest BCUT2D eigenvalue weighted by atomic mass is 10.1. The fraction of sp³-hybridized carbons (Fsp3) is 0.667. The Labute approximate surface area is 91.9 Å². The second kappa shape index (κ2) is 6.89. The summed E-state index contributed by atoms with van der Waals surface area (Å²) in [6.45, 7) is 1.67. The minimum Gasteiger partial charge on any atom is -0.463 e. The van der Waals surface area contributed by atoms with E-state index in [1.54, 1.807) is 0 Å². The lowest BCUT2D eigenvalue weighted by molar-refractivity contribution is -0.161. The number of hydrogen-bond donors (Lipinski definition) is 2. The summed E-state index contributed by atoms with van der Waals surface area (Å²) in [7, 11) is 0. The van der Waals surface area contributed by atoms with Crippen molar-refractivity contribution in [2.45, 2.75) is 32.2 Å². The fourth-order valence-corrected chi connectivity index (χ4v) is 0.940. The molecular formula is C9H14FNO5. The number of aliphatic hydroxyl groups is 1. The number of halogens is 1. The molecule has 0 aliphatic rings. The molecule has 0 spiro atoms. The average Bonchev–Trinajstić information content (AvgIpc) is 2.21. The molecule has 0 aliphatic carbocycles. The molecule has 0 aliphatic heterocycles. The molecule has 0 fully saturated rings. The zero-order chi connectivity index (χ0) is 12.7. The SMILES string of the molecule is CC(=O)OC[C@@H](O)[C@@H](OC(C)=O)[C@H](F)C=N. The van der Waals surface area contributed by atoms with E-state index in [2.05, 4.69) is 9.47 Å². The molecule has 7 heteroatoms. The molecule has 0 aromatic heterocycles. The van der Waals surface area contributed by atoms with Crippen LogP contribution in [-0.2, 0) is 19.1 Å². The Bertz CT molecular complexity index is 271. The molecule has 92 valence electrons. The van der Waals surface area contributed by atoms with Crippen LogP contribution < -0.4 is 0 Å². The van der Waals surface area contributed by atoms with Crippen molar-refractivity contribution in [3.63, 3.8) is 0 Å². The smallest absolute Gasteiger partial charge is 0.303 e. The van der Waals surface area contributed by atoms with Gasteiger partial charge in [-0.05, 0) is 0 Å². The Morgan fingerprint density at radius 3 is 2.38 bits per heavy atom. The molecule has 0 amide bonds. The van der Waals surface area contributed by atoms with Gasteiger partial charge >= 0.3 is 11.9 Å². The van der Waals surface area contributed by atoms with Crippen molar-refractivity contribution in [3.8, 4) is 0 Å². The lowest BCUT2D eigenvalue weighted by Gasteiger charge is -2.23. The van der Waals surface area contributed by atoms with E-state index in [9.17, 15) is 19.1 Å². The number of hydrogen-bond acceptors (Lipinski definition) is 6. The minimum absolute atomic E-state index is 0.393. The summed E-state index contributed by atoms with van der Waals surface area (Å²) in [6.07, 6.45) is -4.61. The van der Waals surface area contributed by atoms with Crippen LogP contribution in [0.4, 0.5) is 4.39 Å². The van der Waals surface area contributed by atoms with Gasteiger partial charge in [-0.25, -0.2) is 4.39 Å². The van der Waals surface area contributed by atoms with E-state index in [0.29, 0.717) is 6.21 Å². The predicted molar refractivity (Wildman–Crippen MR) is 51.9 cm³/mol. The van der Waals surface area contributed by atoms with Crippen molar-refractivity contribution in [2.24, 2.45) is 0 Å². The van der Waals surface area contributed by atoms with Crippen LogP contribution in [0, 0.1) is 5.41 Å². The number of carbonyl (C=O) groups excluding carboxylic acids is 2. The molecule has 0 radical (unpaired) electrons. The zero-order valence-electron chi connectivity index (χ0n) is 8.97. The molecule has 3 atom stereocenters. The summed E-state index contributed by atoms with van der Waals surface area (Å²) >= 11 is 0. The third-order valence-corrected chi connectivity index (χ3v) is 1.61. The van der Waals surface area contributed by atoms with E-state index in [4.69, 9.17) is 5.41 Å². The van der Waals surface area contributed by atoms with Crippen molar-refractivity contribution in [1.82, 2.24) is 0 Å². The highest BCUT2D eigenvalue weighted by molar-refractivity contribution is 5.68. The number of esters is 2. The van der Waals surface area contributed by atoms with Crippen LogP contribution in [0.3, 0.4) is 0 Å². The zero-order valence-corrected chi connectivity index (χ0v) is 8.97. The van der Waals surface area contributed by atoms with Crippen LogP contribution in [-0.4, -0.2) is 48.2 Å². The molecule has 0 saturated heterocycles. The monoisotopic (exact) mass is 235 g/mol. The van der Waals surface area contributed by atoms with Gasteiger partial charge in [-0.1, -0.05) is 0 Å². The van der Waals surface area contributed by atoms with E-state index in [1.165, 1.54) is 0 Å². The van der Waals surface area contributed by atoms with Crippen LogP contribution in [0.2, 0.25) is 0 Å². The molecule has 2 N–H and O–H groups in total. The molecule has 0 bridgehead atoms. The van der Waals surface area contributed by atoms with Gasteiger partial charge in [0.25, 0.3) is 0 Å². The molecule has 0 saturated carbocycles. The molecule has 0 rings (SSSR count). The summed E-state index contributed by atoms with van der Waals surface area (Å²) < 4.78 is 22.0. The number of aliphatic hydroxyl groups excluding tert-OH is 1. The molecule has 16 heavy (non-hydrogen) atoms. The average molecular weight is 235 g/mol. The summed E-state index contributed by atoms with van der Waals surface area (Å²) in [5.74, 6) is -1.44. The number of ether oxygens (including phenoxy) is 2. The summed E-state index contributed by atoms with van der Waals surface area (Å²) in [5.41, 5.74) is 0. The number of alkyl halides is 1. The molecule has 6 nitrogen and oxygen atoms in total. The van der Waals surface area contributed by atoms with Crippen molar-refractivity contribution in [3.05, 3.63) is 0 Å². The Morgan fingerprint density at radius 1 is 1.44 bits per heavy atom. The first-order valence-electron chi connectivity index (χ1n) is 4.51. The van der Waals surface area contributed by atoms with Gasteiger partial charge in [0, 0.05) is 20.1 Å². The third-order valence-electron chi connectivity index (χ3n) is 1.61. The maximum atomic E-state index is 13.1. The normalized spacial score (nSPS) is 15.8. The minimum atomic E-state index is -1.95. The summed E-state index contributed by atoms with van der Waals surface area (Å²) in [6, 6.07) is 0. The number of nitrogens with one attached hydrogen (secondary N) is 1. The highest BCUT2D eigenvalue weighted by Crippen LogP contribution is 2.09. The summed E-state index contributed by atoms with van der Waals surface area (Å²) in [5, 5.41) is 16.1. The van der Waals surface area contributed by atoms with Crippen LogP contribution in [0.1, 0.15) is 13.8 Å². The Morgan fingerprint density at radius 2 is 2.00 bits per heavy atom. The second-order valence-electron chi connectivity index (χ2n) is 3.06. The maximum absolute atomic E-state index is 13.1. The summed E-state index contributed by atoms with van der Waals surface area (Å²) in [4.78, 5) is 21.1. The Kier molecular flexibility index (Phi) is 6.24. The number of rotatable bonds is 6. The van der Waals surface area contributed by atoms with E-state index >= 15 is 0 Å². The van der Waals surface area contributed by atoms with Crippen LogP contribution in [0.25, 0.3) is 0 Å². The van der Waals surface area contributed by atoms with Crippen LogP contribution in [0.15, 0.2) is 0 Å². The van der Waals surface area contributed by atoms with Crippen molar-refractivity contribution in [1.29, 1.82) is 5.41 Å². The van der Waals surface area contributed by atoms with Crippen molar-refractivity contribution < 1.29 is 28.6 Å². The van der Waals surface area contributed by atoms with E-state index < -0.39 is 36.9 Å². The first-order chi connectivity index (χ1) is 7.38. The fourth-order valence-electron chi connectivity index (χ4n) is 0.940. The van der Waals surface area contributed by atoms with Crippen LogP contribution >= 0.6 is 0 Å². The van der Waals surface area contributed by atoms with Gasteiger partial charge in [-0.15, -0.1) is 0 Å². The van der Waals surface area contributed by atoms with Gasteiger partial charge in [0.15, 0.2) is 12.3 Å². The Balaban J connectivity index is 4.42. The standard InChI is InChI=1S/C9H14FNO5/c1-5(12)15-4-8(14)9(7(10)3-11)16-6(2)13/h3,7-9,11,14H,4H2,1-2H3/t7-,8-,9+/m1/s1. The first kappa shape index (κ1) is 14.5. The van der Waals surface area contributed by atoms with E-state index in [-0.39, 0.29) is 0 Å². The van der Waals surface area contributed by atoms with E-state index in [1.807, 2.05) is 0 Å². The predicted octanol–water partition coefficient (Wildman–Crippen LogP) is -0.170. The van der Waals surface area contributed by atoms with Crippen molar-refractivity contribution in [2.75, 3.05) is 6.61 Å². The maximum Gasteiger partial charge on any atom is 0.303 e. The molecule has 0 aromatic rings. The van der Waals surface area contributed by atoms with Gasteiger partial charge in [-0.3, -0.25) is 9.59 Å². The molecule has 0 aromatic carbocycles. The van der Waals surface area contributed by atoms with Gasteiger partial charge < -0.3 is 20.0 Å². The largest absolute Gasteiger partial charge is 0.463 e. The van der Waals surface area contributed by atoms with Crippen molar-refractivity contribution >= 4 is 18.2 Å².